The Labute approximate surface area is 218 Å². The topological polar surface area (TPSA) is 187 Å². The minimum absolute atomic E-state index is 0.0144. The number of hydrogen-bond acceptors (Lipinski definition) is 9. The molecule has 0 saturated carbocycles. The number of nitro benzene ring substituents is 1. The Hall–Kier alpha value is -3.45. The van der Waals surface area contributed by atoms with E-state index in [9.17, 15) is 24.8 Å². The van der Waals surface area contributed by atoms with Crippen LogP contribution in [-0.2, 0) is 20.7 Å². The van der Waals surface area contributed by atoms with Gasteiger partial charge in [0.25, 0.3) is 11.6 Å². The average molecular weight is 530 g/mol. The fraction of sp³-hybridized carbons (Fsp3) is 0.360. The summed E-state index contributed by atoms with van der Waals surface area (Å²) in [6, 6.07) is 11.8. The highest BCUT2D eigenvalue weighted by atomic mass is 32.2. The zero-order chi connectivity index (χ0) is 26.9. The second kappa shape index (κ2) is 13.2. The number of aromatic amines is 1. The number of carbonyl (C=O) groups is 2. The summed E-state index contributed by atoms with van der Waals surface area (Å²) < 4.78 is 4.92. The van der Waals surface area contributed by atoms with Crippen LogP contribution in [-0.4, -0.2) is 58.7 Å². The van der Waals surface area contributed by atoms with Crippen molar-refractivity contribution in [2.45, 2.75) is 53.8 Å². The molecule has 3 rings (SSSR count). The molecule has 0 bridgehead atoms. The molecule has 11 nitrogen and oxygen atoms in total. The SMILES string of the molecule is COC(=O)[C@H](Cc1c(Sc2ccccc2[N+](=O)[O-])[nH]c2ccccc12)NC(=O)[C@H](O)[C@@H](N)CCCCN. The second-order valence-electron chi connectivity index (χ2n) is 8.49. The largest absolute Gasteiger partial charge is 0.467 e. The van der Waals surface area contributed by atoms with Crippen molar-refractivity contribution < 1.29 is 24.4 Å². The Balaban J connectivity index is 1.90. The van der Waals surface area contributed by atoms with Crippen LogP contribution >= 0.6 is 11.8 Å². The molecule has 0 radical (unpaired) electrons. The number of rotatable bonds is 13. The number of para-hydroxylation sites is 2. The lowest BCUT2D eigenvalue weighted by molar-refractivity contribution is -0.387. The zero-order valence-corrected chi connectivity index (χ0v) is 21.2. The molecule has 12 heteroatoms. The second-order valence-corrected chi connectivity index (χ2v) is 9.54. The zero-order valence-electron chi connectivity index (χ0n) is 20.4. The first-order chi connectivity index (χ1) is 17.8. The lowest BCUT2D eigenvalue weighted by Crippen LogP contribution is -2.52. The number of methoxy groups -OCH3 is 1. The molecule has 0 aliphatic rings. The van der Waals surface area contributed by atoms with Crippen molar-refractivity contribution in [1.29, 1.82) is 0 Å². The van der Waals surface area contributed by atoms with Crippen molar-refractivity contribution in [3.63, 3.8) is 0 Å². The Morgan fingerprint density at radius 1 is 1.19 bits per heavy atom. The Morgan fingerprint density at radius 3 is 2.59 bits per heavy atom. The van der Waals surface area contributed by atoms with Crippen molar-refractivity contribution in [3.8, 4) is 0 Å². The number of ether oxygens (including phenoxy) is 1. The maximum atomic E-state index is 12.8. The van der Waals surface area contributed by atoms with Crippen LogP contribution in [0, 0.1) is 10.1 Å². The van der Waals surface area contributed by atoms with Crippen LogP contribution < -0.4 is 16.8 Å². The van der Waals surface area contributed by atoms with E-state index in [1.165, 1.54) is 13.2 Å². The summed E-state index contributed by atoms with van der Waals surface area (Å²) in [5.74, 6) is -1.49. The first kappa shape index (κ1) is 28.1. The van der Waals surface area contributed by atoms with Crippen molar-refractivity contribution in [3.05, 3.63) is 64.2 Å². The number of benzene rings is 2. The van der Waals surface area contributed by atoms with Gasteiger partial charge in [-0.3, -0.25) is 14.9 Å². The van der Waals surface area contributed by atoms with Gasteiger partial charge in [0, 0.05) is 29.4 Å². The van der Waals surface area contributed by atoms with Crippen molar-refractivity contribution in [2.24, 2.45) is 11.5 Å². The molecular weight excluding hydrogens is 498 g/mol. The molecule has 2 aromatic carbocycles. The third-order valence-electron chi connectivity index (χ3n) is 5.92. The van der Waals surface area contributed by atoms with E-state index in [2.05, 4.69) is 10.3 Å². The molecule has 37 heavy (non-hydrogen) atoms. The summed E-state index contributed by atoms with van der Waals surface area (Å²) in [5, 5.41) is 25.9. The minimum atomic E-state index is -1.52. The summed E-state index contributed by atoms with van der Waals surface area (Å²) in [6.45, 7) is 0.483. The maximum absolute atomic E-state index is 12.8. The number of unbranched alkanes of at least 4 members (excludes halogenated alkanes) is 1. The quantitative estimate of drug-likeness (QED) is 0.0957. The minimum Gasteiger partial charge on any atom is -0.467 e. The number of nitrogens with two attached hydrogens (primary N) is 2. The molecule has 0 aliphatic heterocycles. The molecule has 0 spiro atoms. The lowest BCUT2D eigenvalue weighted by Gasteiger charge is -2.22. The van der Waals surface area contributed by atoms with Gasteiger partial charge in [0.05, 0.1) is 22.0 Å². The Kier molecular flexibility index (Phi) is 10.0. The van der Waals surface area contributed by atoms with Crippen molar-refractivity contribution in [1.82, 2.24) is 10.3 Å². The number of carbonyl (C=O) groups excluding carboxylic acids is 2. The van der Waals surface area contributed by atoms with Crippen LogP contribution in [0.15, 0.2) is 58.5 Å². The smallest absolute Gasteiger partial charge is 0.328 e. The molecule has 0 saturated heterocycles. The molecule has 7 N–H and O–H groups in total. The third-order valence-corrected chi connectivity index (χ3v) is 7.04. The molecule has 3 aromatic rings. The van der Waals surface area contributed by atoms with Gasteiger partial charge in [-0.05, 0) is 37.1 Å². The van der Waals surface area contributed by atoms with E-state index in [4.69, 9.17) is 16.2 Å². The number of nitrogens with zero attached hydrogens (tertiary/aromatic N) is 1. The first-order valence-corrected chi connectivity index (χ1v) is 12.6. The van der Waals surface area contributed by atoms with Gasteiger partial charge in [-0.1, -0.05) is 48.5 Å². The fourth-order valence-corrected chi connectivity index (χ4v) is 5.03. The third kappa shape index (κ3) is 7.07. The average Bonchev–Trinajstić information content (AvgIpc) is 3.24. The van der Waals surface area contributed by atoms with Crippen LogP contribution in [0.2, 0.25) is 0 Å². The fourth-order valence-electron chi connectivity index (χ4n) is 3.94. The summed E-state index contributed by atoms with van der Waals surface area (Å²) in [5.41, 5.74) is 12.8. The van der Waals surface area contributed by atoms with E-state index in [0.717, 1.165) is 22.7 Å². The number of fused-ring (bicyclic) bond motifs is 1. The van der Waals surface area contributed by atoms with Gasteiger partial charge in [-0.15, -0.1) is 0 Å². The van der Waals surface area contributed by atoms with Gasteiger partial charge in [-0.25, -0.2) is 4.79 Å². The first-order valence-electron chi connectivity index (χ1n) is 11.8. The summed E-state index contributed by atoms with van der Waals surface area (Å²) in [7, 11) is 1.20. The summed E-state index contributed by atoms with van der Waals surface area (Å²) in [4.78, 5) is 40.2. The normalized spacial score (nSPS) is 13.6. The monoisotopic (exact) mass is 529 g/mol. The van der Waals surface area contributed by atoms with E-state index < -0.39 is 35.0 Å². The molecule has 1 heterocycles. The van der Waals surface area contributed by atoms with E-state index in [1.807, 2.05) is 24.3 Å². The maximum Gasteiger partial charge on any atom is 0.328 e. The van der Waals surface area contributed by atoms with Gasteiger partial charge >= 0.3 is 5.97 Å². The standard InChI is InChI=1S/C25H31N5O6S/c1-36-25(33)19(28-23(32)22(31)17(27)9-6-7-13-26)14-16-15-8-2-3-10-18(15)29-24(16)37-21-12-5-4-11-20(21)30(34)35/h2-5,8,10-12,17,19,22,29,31H,6-7,9,13-14,26-27H2,1H3,(H,28,32)/t17-,19-,22+/m0/s1. The number of esters is 1. The number of nitrogens with one attached hydrogen (secondary N) is 2. The highest BCUT2D eigenvalue weighted by Crippen LogP contribution is 2.39. The van der Waals surface area contributed by atoms with Gasteiger partial charge in [0.1, 0.15) is 12.1 Å². The number of aliphatic hydroxyl groups excluding tert-OH is 1. The van der Waals surface area contributed by atoms with Crippen molar-refractivity contribution in [2.75, 3.05) is 13.7 Å². The van der Waals surface area contributed by atoms with Crippen LogP contribution in [0.3, 0.4) is 0 Å². The van der Waals surface area contributed by atoms with E-state index in [-0.39, 0.29) is 12.1 Å². The number of amides is 1. The van der Waals surface area contributed by atoms with E-state index >= 15 is 0 Å². The van der Waals surface area contributed by atoms with E-state index in [0.29, 0.717) is 41.3 Å². The van der Waals surface area contributed by atoms with Gasteiger partial charge in [-0.2, -0.15) is 0 Å². The molecular formula is C25H31N5O6S. The van der Waals surface area contributed by atoms with Crippen LogP contribution in [0.4, 0.5) is 5.69 Å². The Bertz CT molecular complexity index is 1250. The van der Waals surface area contributed by atoms with E-state index in [1.54, 1.807) is 18.2 Å². The van der Waals surface area contributed by atoms with Gasteiger partial charge in [0.15, 0.2) is 0 Å². The van der Waals surface area contributed by atoms with Crippen LogP contribution in [0.5, 0.6) is 0 Å². The Morgan fingerprint density at radius 2 is 1.89 bits per heavy atom. The predicted octanol–water partition coefficient (Wildman–Crippen LogP) is 2.24. The van der Waals surface area contributed by atoms with Crippen LogP contribution in [0.25, 0.3) is 10.9 Å². The number of H-pyrrole nitrogens is 1. The lowest BCUT2D eigenvalue weighted by atomic mass is 10.0. The van der Waals surface area contributed by atoms with Gasteiger partial charge in [0.2, 0.25) is 0 Å². The highest BCUT2D eigenvalue weighted by Gasteiger charge is 2.30. The number of hydrogen-bond donors (Lipinski definition) is 5. The predicted molar refractivity (Wildman–Crippen MR) is 140 cm³/mol. The molecule has 1 aromatic heterocycles. The van der Waals surface area contributed by atoms with Crippen LogP contribution in [0.1, 0.15) is 24.8 Å². The molecule has 198 valence electrons. The molecule has 0 aliphatic carbocycles. The summed E-state index contributed by atoms with van der Waals surface area (Å²) in [6.07, 6.45) is 0.264. The molecule has 1 amide bonds. The number of aromatic nitrogens is 1. The summed E-state index contributed by atoms with van der Waals surface area (Å²) >= 11 is 1.16. The van der Waals surface area contributed by atoms with Crippen molar-refractivity contribution >= 4 is 40.2 Å². The number of nitro groups is 1. The molecule has 0 fully saturated rings. The molecule has 0 unspecified atom stereocenters. The molecule has 3 atom stereocenters. The highest BCUT2D eigenvalue weighted by molar-refractivity contribution is 7.99. The van der Waals surface area contributed by atoms with Gasteiger partial charge < -0.3 is 31.6 Å². The number of aliphatic hydroxyl groups is 1.